The van der Waals surface area contributed by atoms with E-state index in [4.69, 9.17) is 11.0 Å². The number of nitrogens with zero attached hydrogens (tertiary/aromatic N) is 2. The molecule has 0 aliphatic rings. The molecule has 2 rings (SSSR count). The van der Waals surface area contributed by atoms with Crippen LogP contribution in [0.2, 0.25) is 0 Å². The number of rotatable bonds is 5. The maximum atomic E-state index is 9.02. The molecule has 0 amide bonds. The highest BCUT2D eigenvalue weighted by molar-refractivity contribution is 5.65. The molecule has 1 aromatic heterocycles. The highest BCUT2D eigenvalue weighted by Crippen LogP contribution is 2.18. The van der Waals surface area contributed by atoms with Crippen molar-refractivity contribution in [1.82, 2.24) is 4.98 Å². The maximum absolute atomic E-state index is 9.02. The lowest BCUT2D eigenvalue weighted by Crippen LogP contribution is -2.06. The molecule has 0 atom stereocenters. The highest BCUT2D eigenvalue weighted by Gasteiger charge is 2.05. The van der Waals surface area contributed by atoms with Crippen LogP contribution in [0.4, 0.5) is 11.5 Å². The van der Waals surface area contributed by atoms with E-state index in [1.54, 1.807) is 12.3 Å². The van der Waals surface area contributed by atoms with E-state index in [2.05, 4.69) is 28.5 Å². The van der Waals surface area contributed by atoms with Crippen LogP contribution in [0.15, 0.2) is 42.6 Å². The third-order valence-corrected chi connectivity index (χ3v) is 2.89. The van der Waals surface area contributed by atoms with Crippen LogP contribution in [0.1, 0.15) is 17.5 Å². The minimum absolute atomic E-state index is 0.274. The number of nitrogen functional groups attached to an aromatic ring is 1. The zero-order chi connectivity index (χ0) is 13.5. The van der Waals surface area contributed by atoms with Gasteiger partial charge in [0.05, 0.1) is 5.69 Å². The molecule has 4 nitrogen and oxygen atoms in total. The van der Waals surface area contributed by atoms with Gasteiger partial charge in [-0.1, -0.05) is 30.3 Å². The van der Waals surface area contributed by atoms with Crippen LogP contribution in [0.25, 0.3) is 0 Å². The second-order valence-electron chi connectivity index (χ2n) is 4.25. The molecule has 0 radical (unpaired) electrons. The Kier molecular flexibility index (Phi) is 4.35. The number of aryl methyl sites for hydroxylation is 1. The Labute approximate surface area is 112 Å². The van der Waals surface area contributed by atoms with Crippen molar-refractivity contribution < 1.29 is 0 Å². The number of anilines is 2. The standard InChI is InChI=1S/C15H16N4/c16-11-13-14(8-10-19-15(13)17)18-9-4-7-12-5-2-1-3-6-12/h1-3,5-6,8,10H,4,7,9H2,(H3,17,18,19). The van der Waals surface area contributed by atoms with Crippen molar-refractivity contribution in [3.8, 4) is 6.07 Å². The van der Waals surface area contributed by atoms with Gasteiger partial charge >= 0.3 is 0 Å². The van der Waals surface area contributed by atoms with E-state index in [0.29, 0.717) is 5.56 Å². The van der Waals surface area contributed by atoms with E-state index in [9.17, 15) is 0 Å². The third kappa shape index (κ3) is 3.46. The molecule has 0 unspecified atom stereocenters. The minimum Gasteiger partial charge on any atom is -0.384 e. The topological polar surface area (TPSA) is 74.7 Å². The van der Waals surface area contributed by atoms with Gasteiger partial charge in [0.1, 0.15) is 17.5 Å². The Hall–Kier alpha value is -2.54. The van der Waals surface area contributed by atoms with Crippen LogP contribution in [-0.2, 0) is 6.42 Å². The molecule has 1 heterocycles. The van der Waals surface area contributed by atoms with Crippen molar-refractivity contribution in [3.63, 3.8) is 0 Å². The van der Waals surface area contributed by atoms with Gasteiger partial charge in [0.15, 0.2) is 0 Å². The van der Waals surface area contributed by atoms with Gasteiger partial charge in [0.2, 0.25) is 0 Å². The fourth-order valence-electron chi connectivity index (χ4n) is 1.90. The van der Waals surface area contributed by atoms with E-state index >= 15 is 0 Å². The largest absolute Gasteiger partial charge is 0.384 e. The Balaban J connectivity index is 1.87. The molecule has 0 spiro atoms. The molecule has 96 valence electrons. The van der Waals surface area contributed by atoms with Crippen molar-refractivity contribution in [2.24, 2.45) is 0 Å². The normalized spacial score (nSPS) is 9.84. The summed E-state index contributed by atoms with van der Waals surface area (Å²) in [5.74, 6) is 0.274. The van der Waals surface area contributed by atoms with Crippen LogP contribution in [0, 0.1) is 11.3 Å². The average molecular weight is 252 g/mol. The number of pyridine rings is 1. The van der Waals surface area contributed by atoms with Gasteiger partial charge in [-0.05, 0) is 24.5 Å². The monoisotopic (exact) mass is 252 g/mol. The van der Waals surface area contributed by atoms with E-state index in [-0.39, 0.29) is 5.82 Å². The Bertz CT molecular complexity index is 572. The number of hydrogen-bond donors (Lipinski definition) is 2. The van der Waals surface area contributed by atoms with Crippen molar-refractivity contribution in [1.29, 1.82) is 5.26 Å². The summed E-state index contributed by atoms with van der Waals surface area (Å²) >= 11 is 0. The molecular weight excluding hydrogens is 236 g/mol. The average Bonchev–Trinajstić information content (AvgIpc) is 2.45. The number of aromatic nitrogens is 1. The fourth-order valence-corrected chi connectivity index (χ4v) is 1.90. The SMILES string of the molecule is N#Cc1c(NCCCc2ccccc2)ccnc1N. The summed E-state index contributed by atoms with van der Waals surface area (Å²) in [6.07, 6.45) is 3.61. The van der Waals surface area contributed by atoms with Gasteiger partial charge in [-0.2, -0.15) is 5.26 Å². The van der Waals surface area contributed by atoms with Gasteiger partial charge in [-0.3, -0.25) is 0 Å². The summed E-state index contributed by atoms with van der Waals surface area (Å²) in [4.78, 5) is 3.90. The first-order valence-electron chi connectivity index (χ1n) is 6.23. The zero-order valence-corrected chi connectivity index (χ0v) is 10.6. The minimum atomic E-state index is 0.274. The first-order valence-corrected chi connectivity index (χ1v) is 6.23. The van der Waals surface area contributed by atoms with Crippen molar-refractivity contribution in [2.75, 3.05) is 17.6 Å². The quantitative estimate of drug-likeness (QED) is 0.802. The molecule has 0 fully saturated rings. The van der Waals surface area contributed by atoms with Gasteiger partial charge in [-0.25, -0.2) is 4.98 Å². The van der Waals surface area contributed by atoms with Crippen LogP contribution < -0.4 is 11.1 Å². The van der Waals surface area contributed by atoms with Crippen LogP contribution >= 0.6 is 0 Å². The number of hydrogen-bond acceptors (Lipinski definition) is 4. The zero-order valence-electron chi connectivity index (χ0n) is 10.6. The summed E-state index contributed by atoms with van der Waals surface area (Å²) in [6, 6.07) is 14.2. The third-order valence-electron chi connectivity index (χ3n) is 2.89. The summed E-state index contributed by atoms with van der Waals surface area (Å²) in [5, 5.41) is 12.3. The molecule has 0 saturated heterocycles. The van der Waals surface area contributed by atoms with E-state index < -0.39 is 0 Å². The number of nitrogens with one attached hydrogen (secondary N) is 1. The van der Waals surface area contributed by atoms with Gasteiger partial charge in [0, 0.05) is 12.7 Å². The van der Waals surface area contributed by atoms with Crippen molar-refractivity contribution in [3.05, 3.63) is 53.7 Å². The fraction of sp³-hybridized carbons (Fsp3) is 0.200. The van der Waals surface area contributed by atoms with E-state index in [1.165, 1.54) is 5.56 Å². The molecule has 0 aliphatic heterocycles. The maximum Gasteiger partial charge on any atom is 0.143 e. The predicted octanol–water partition coefficient (Wildman–Crippen LogP) is 2.58. The molecule has 3 N–H and O–H groups in total. The Morgan fingerprint density at radius 2 is 2.00 bits per heavy atom. The first kappa shape index (κ1) is 12.9. The Morgan fingerprint density at radius 1 is 1.21 bits per heavy atom. The van der Waals surface area contributed by atoms with Crippen molar-refractivity contribution in [2.45, 2.75) is 12.8 Å². The lowest BCUT2D eigenvalue weighted by Gasteiger charge is -2.09. The summed E-state index contributed by atoms with van der Waals surface area (Å²) < 4.78 is 0. The van der Waals surface area contributed by atoms with Crippen molar-refractivity contribution >= 4 is 11.5 Å². The summed E-state index contributed by atoms with van der Waals surface area (Å²) in [6.45, 7) is 0.799. The molecule has 0 saturated carbocycles. The second-order valence-corrected chi connectivity index (χ2v) is 4.25. The van der Waals surface area contributed by atoms with Crippen LogP contribution in [0.5, 0.6) is 0 Å². The Morgan fingerprint density at radius 3 is 2.74 bits per heavy atom. The molecule has 4 heteroatoms. The highest BCUT2D eigenvalue weighted by atomic mass is 14.9. The number of benzene rings is 1. The van der Waals surface area contributed by atoms with Crippen LogP contribution in [0.3, 0.4) is 0 Å². The van der Waals surface area contributed by atoms with Crippen LogP contribution in [-0.4, -0.2) is 11.5 Å². The molecule has 0 aliphatic carbocycles. The summed E-state index contributed by atoms with van der Waals surface area (Å²) in [5.41, 5.74) is 8.14. The van der Waals surface area contributed by atoms with Gasteiger partial charge in [0.25, 0.3) is 0 Å². The first-order chi connectivity index (χ1) is 9.31. The second kappa shape index (κ2) is 6.41. The molecular formula is C15H16N4. The lowest BCUT2D eigenvalue weighted by atomic mass is 10.1. The van der Waals surface area contributed by atoms with E-state index in [0.717, 1.165) is 25.1 Å². The predicted molar refractivity (Wildman–Crippen MR) is 76.6 cm³/mol. The molecule has 19 heavy (non-hydrogen) atoms. The molecule has 2 aromatic rings. The number of nitrogens with two attached hydrogens (primary N) is 1. The van der Waals surface area contributed by atoms with Gasteiger partial charge < -0.3 is 11.1 Å². The van der Waals surface area contributed by atoms with Gasteiger partial charge in [-0.15, -0.1) is 0 Å². The molecule has 0 bridgehead atoms. The van der Waals surface area contributed by atoms with E-state index in [1.807, 2.05) is 18.2 Å². The number of nitriles is 1. The smallest absolute Gasteiger partial charge is 0.143 e. The molecule has 1 aromatic carbocycles. The summed E-state index contributed by atoms with van der Waals surface area (Å²) in [7, 11) is 0. The lowest BCUT2D eigenvalue weighted by molar-refractivity contribution is 0.862.